The van der Waals surface area contributed by atoms with Crippen LogP contribution >= 0.6 is 0 Å². The Balaban J connectivity index is 1.93. The number of nitriles is 1. The number of nitrogens with one attached hydrogen (secondary N) is 2. The molecule has 0 aromatic heterocycles. The average Bonchev–Trinajstić information content (AvgIpc) is 2.50. The first-order valence-electron chi connectivity index (χ1n) is 6.52. The number of urea groups is 1. The number of amides is 2. The Morgan fingerprint density at radius 1 is 1.05 bits per heavy atom. The summed E-state index contributed by atoms with van der Waals surface area (Å²) in [6.07, 6.45) is 0. The zero-order valence-corrected chi connectivity index (χ0v) is 11.6. The third-order valence-electron chi connectivity index (χ3n) is 2.70. The Morgan fingerprint density at radius 3 is 2.05 bits per heavy atom. The van der Waals surface area contributed by atoms with Gasteiger partial charge in [0.2, 0.25) is 0 Å². The standard InChI is InChI=1S/C16H15N3O2/c1-2-21-15-9-7-14(8-10-15)19-16(20)18-13-5-3-12(11-17)4-6-13/h3-10H,2H2,1H3,(H2,18,19,20). The number of nitrogens with zero attached hydrogens (tertiary/aromatic N) is 1. The van der Waals surface area contributed by atoms with Crippen molar-refractivity contribution in [1.82, 2.24) is 0 Å². The van der Waals surface area contributed by atoms with Crippen molar-refractivity contribution in [2.45, 2.75) is 6.92 Å². The van der Waals surface area contributed by atoms with Crippen LogP contribution in [0.4, 0.5) is 16.2 Å². The summed E-state index contributed by atoms with van der Waals surface area (Å²) < 4.78 is 5.33. The van der Waals surface area contributed by atoms with E-state index in [4.69, 9.17) is 10.00 Å². The van der Waals surface area contributed by atoms with Crippen molar-refractivity contribution in [1.29, 1.82) is 5.26 Å². The molecule has 0 bridgehead atoms. The van der Waals surface area contributed by atoms with Gasteiger partial charge in [-0.3, -0.25) is 0 Å². The van der Waals surface area contributed by atoms with E-state index in [0.717, 1.165) is 5.75 Å². The Bertz CT molecular complexity index is 643. The van der Waals surface area contributed by atoms with Crippen LogP contribution in [0.5, 0.6) is 5.75 Å². The highest BCUT2D eigenvalue weighted by atomic mass is 16.5. The molecule has 0 heterocycles. The molecule has 0 aliphatic carbocycles. The highest BCUT2D eigenvalue weighted by molar-refractivity contribution is 5.99. The number of carbonyl (C=O) groups is 1. The van der Waals surface area contributed by atoms with E-state index in [1.54, 1.807) is 48.5 Å². The van der Waals surface area contributed by atoms with Crippen LogP contribution < -0.4 is 15.4 Å². The number of rotatable bonds is 4. The fourth-order valence-corrected chi connectivity index (χ4v) is 1.72. The van der Waals surface area contributed by atoms with Crippen molar-refractivity contribution >= 4 is 17.4 Å². The number of hydrogen-bond acceptors (Lipinski definition) is 3. The van der Waals surface area contributed by atoms with Crippen LogP contribution in [0, 0.1) is 11.3 Å². The fourth-order valence-electron chi connectivity index (χ4n) is 1.72. The van der Waals surface area contributed by atoms with E-state index < -0.39 is 0 Å². The molecule has 0 saturated carbocycles. The zero-order valence-electron chi connectivity index (χ0n) is 11.6. The average molecular weight is 281 g/mol. The topological polar surface area (TPSA) is 74.2 Å². The third kappa shape index (κ3) is 4.25. The molecule has 2 rings (SSSR count). The molecular weight excluding hydrogens is 266 g/mol. The normalized spacial score (nSPS) is 9.52. The van der Waals surface area contributed by atoms with Gasteiger partial charge in [0.05, 0.1) is 18.2 Å². The fraction of sp³-hybridized carbons (Fsp3) is 0.125. The summed E-state index contributed by atoms with van der Waals surface area (Å²) in [5.74, 6) is 0.760. The minimum absolute atomic E-state index is 0.344. The second-order valence-corrected chi connectivity index (χ2v) is 4.23. The Kier molecular flexibility index (Phi) is 4.78. The molecule has 5 nitrogen and oxygen atoms in total. The molecule has 0 spiro atoms. The van der Waals surface area contributed by atoms with Crippen LogP contribution in [-0.4, -0.2) is 12.6 Å². The molecule has 106 valence electrons. The van der Waals surface area contributed by atoms with Crippen LogP contribution in [0.25, 0.3) is 0 Å². The molecule has 0 radical (unpaired) electrons. The molecule has 0 unspecified atom stereocenters. The molecule has 2 N–H and O–H groups in total. The van der Waals surface area contributed by atoms with Crippen molar-refractivity contribution in [2.24, 2.45) is 0 Å². The Hall–Kier alpha value is -3.00. The number of anilines is 2. The monoisotopic (exact) mass is 281 g/mol. The largest absolute Gasteiger partial charge is 0.494 e. The summed E-state index contributed by atoms with van der Waals surface area (Å²) in [7, 11) is 0. The van der Waals surface area contributed by atoms with Gasteiger partial charge in [0.1, 0.15) is 5.75 Å². The van der Waals surface area contributed by atoms with Gasteiger partial charge in [-0.15, -0.1) is 0 Å². The van der Waals surface area contributed by atoms with E-state index in [-0.39, 0.29) is 6.03 Å². The summed E-state index contributed by atoms with van der Waals surface area (Å²) in [5, 5.41) is 14.1. The highest BCUT2D eigenvalue weighted by Gasteiger charge is 2.03. The summed E-state index contributed by atoms with van der Waals surface area (Å²) >= 11 is 0. The lowest BCUT2D eigenvalue weighted by Crippen LogP contribution is -2.19. The van der Waals surface area contributed by atoms with E-state index in [1.807, 2.05) is 13.0 Å². The van der Waals surface area contributed by atoms with Gasteiger partial charge in [-0.05, 0) is 55.5 Å². The highest BCUT2D eigenvalue weighted by Crippen LogP contribution is 2.16. The van der Waals surface area contributed by atoms with Crippen molar-refractivity contribution in [3.05, 3.63) is 54.1 Å². The molecule has 0 saturated heterocycles. The first kappa shape index (κ1) is 14.4. The maximum absolute atomic E-state index is 11.8. The second kappa shape index (κ2) is 6.96. The molecule has 5 heteroatoms. The molecule has 0 aliphatic heterocycles. The van der Waals surface area contributed by atoms with Crippen LogP contribution in [0.3, 0.4) is 0 Å². The predicted octanol–water partition coefficient (Wildman–Crippen LogP) is 3.60. The molecule has 21 heavy (non-hydrogen) atoms. The summed E-state index contributed by atoms with van der Waals surface area (Å²) in [6, 6.07) is 15.4. The van der Waals surface area contributed by atoms with E-state index in [2.05, 4.69) is 10.6 Å². The molecule has 0 atom stereocenters. The van der Waals surface area contributed by atoms with Gasteiger partial charge >= 0.3 is 6.03 Å². The first-order chi connectivity index (χ1) is 10.2. The summed E-state index contributed by atoms with van der Waals surface area (Å²) in [6.45, 7) is 2.52. The minimum atomic E-state index is -0.344. The van der Waals surface area contributed by atoms with Crippen molar-refractivity contribution in [3.8, 4) is 11.8 Å². The van der Waals surface area contributed by atoms with Gasteiger partial charge in [-0.2, -0.15) is 5.26 Å². The quantitative estimate of drug-likeness (QED) is 0.899. The summed E-state index contributed by atoms with van der Waals surface area (Å²) in [5.41, 5.74) is 1.84. The van der Waals surface area contributed by atoms with Crippen LogP contribution in [0.2, 0.25) is 0 Å². The van der Waals surface area contributed by atoms with Crippen molar-refractivity contribution < 1.29 is 9.53 Å². The van der Waals surface area contributed by atoms with Crippen LogP contribution in [0.15, 0.2) is 48.5 Å². The zero-order chi connectivity index (χ0) is 15.1. The van der Waals surface area contributed by atoms with E-state index in [1.165, 1.54) is 0 Å². The van der Waals surface area contributed by atoms with E-state index in [0.29, 0.717) is 23.5 Å². The molecular formula is C16H15N3O2. The van der Waals surface area contributed by atoms with Gasteiger partial charge < -0.3 is 15.4 Å². The smallest absolute Gasteiger partial charge is 0.323 e. The number of hydrogen-bond donors (Lipinski definition) is 2. The van der Waals surface area contributed by atoms with Crippen LogP contribution in [-0.2, 0) is 0 Å². The second-order valence-electron chi connectivity index (χ2n) is 4.23. The molecule has 2 amide bonds. The van der Waals surface area contributed by atoms with E-state index >= 15 is 0 Å². The van der Waals surface area contributed by atoms with Gasteiger partial charge in [0.25, 0.3) is 0 Å². The molecule has 2 aromatic rings. The lowest BCUT2D eigenvalue weighted by atomic mass is 10.2. The van der Waals surface area contributed by atoms with Crippen LogP contribution in [0.1, 0.15) is 12.5 Å². The SMILES string of the molecule is CCOc1ccc(NC(=O)Nc2ccc(C#N)cc2)cc1. The number of ether oxygens (including phenoxy) is 1. The summed E-state index contributed by atoms with van der Waals surface area (Å²) in [4.78, 5) is 11.8. The maximum atomic E-state index is 11.8. The Morgan fingerprint density at radius 2 is 1.57 bits per heavy atom. The number of carbonyl (C=O) groups excluding carboxylic acids is 1. The third-order valence-corrected chi connectivity index (χ3v) is 2.70. The lowest BCUT2D eigenvalue weighted by molar-refractivity contribution is 0.262. The van der Waals surface area contributed by atoms with E-state index in [9.17, 15) is 4.79 Å². The van der Waals surface area contributed by atoms with Crippen molar-refractivity contribution in [3.63, 3.8) is 0 Å². The number of benzene rings is 2. The van der Waals surface area contributed by atoms with Gasteiger partial charge in [0.15, 0.2) is 0 Å². The van der Waals surface area contributed by atoms with Crippen molar-refractivity contribution in [2.75, 3.05) is 17.2 Å². The van der Waals surface area contributed by atoms with Gasteiger partial charge in [-0.25, -0.2) is 4.79 Å². The van der Waals surface area contributed by atoms with Gasteiger partial charge in [0, 0.05) is 11.4 Å². The Labute approximate surface area is 123 Å². The molecule has 2 aromatic carbocycles. The molecule has 0 aliphatic rings. The lowest BCUT2D eigenvalue weighted by Gasteiger charge is -2.08. The molecule has 0 fully saturated rings. The predicted molar refractivity (Wildman–Crippen MR) is 81.4 cm³/mol. The van der Waals surface area contributed by atoms with Gasteiger partial charge in [-0.1, -0.05) is 0 Å². The first-order valence-corrected chi connectivity index (χ1v) is 6.52. The minimum Gasteiger partial charge on any atom is -0.494 e. The maximum Gasteiger partial charge on any atom is 0.323 e.